The zero-order chi connectivity index (χ0) is 18.4. The van der Waals surface area contributed by atoms with Crippen molar-refractivity contribution in [1.82, 2.24) is 0 Å². The molecular weight excluding hydrogens is 355 g/mol. The maximum atomic E-state index is 13.2. The molecule has 0 aliphatic carbocycles. The molecule has 4 nitrogen and oxygen atoms in total. The topological polar surface area (TPSA) is 64.3 Å². The van der Waals surface area contributed by atoms with Crippen LogP contribution in [0.2, 0.25) is 0 Å². The van der Waals surface area contributed by atoms with E-state index in [2.05, 4.69) is 5.32 Å². The molecule has 1 amide bonds. The van der Waals surface area contributed by atoms with E-state index in [9.17, 15) is 9.18 Å². The zero-order valence-electron chi connectivity index (χ0n) is 15.3. The lowest BCUT2D eigenvalue weighted by atomic mass is 10.0. The molecule has 0 bridgehead atoms. The first-order valence-corrected chi connectivity index (χ1v) is 8.39. The third kappa shape index (κ3) is 6.65. The number of hydrogen-bond donors (Lipinski definition) is 2. The van der Waals surface area contributed by atoms with Gasteiger partial charge in [0, 0.05) is 5.69 Å². The van der Waals surface area contributed by atoms with Crippen LogP contribution in [0.3, 0.4) is 0 Å². The highest BCUT2D eigenvalue weighted by Crippen LogP contribution is 2.22. The Kier molecular flexibility index (Phi) is 8.55. The predicted molar refractivity (Wildman–Crippen MR) is 105 cm³/mol. The number of hydrogen-bond acceptors (Lipinski definition) is 3. The van der Waals surface area contributed by atoms with Gasteiger partial charge in [-0.3, -0.25) is 4.79 Å². The van der Waals surface area contributed by atoms with Gasteiger partial charge < -0.3 is 15.8 Å². The van der Waals surface area contributed by atoms with Crippen molar-refractivity contribution < 1.29 is 13.9 Å². The van der Waals surface area contributed by atoms with E-state index in [-0.39, 0.29) is 30.7 Å². The van der Waals surface area contributed by atoms with Crippen LogP contribution in [0.25, 0.3) is 0 Å². The summed E-state index contributed by atoms with van der Waals surface area (Å²) in [5, 5.41) is 2.85. The summed E-state index contributed by atoms with van der Waals surface area (Å²) in [4.78, 5) is 12.1. The van der Waals surface area contributed by atoms with Crippen LogP contribution in [0, 0.1) is 18.7 Å². The molecule has 0 aliphatic rings. The molecule has 142 valence electrons. The number of nitrogens with one attached hydrogen (secondary N) is 1. The minimum absolute atomic E-state index is 0. The van der Waals surface area contributed by atoms with Crippen LogP contribution >= 0.6 is 12.4 Å². The molecule has 6 heteroatoms. The van der Waals surface area contributed by atoms with Crippen molar-refractivity contribution >= 4 is 24.0 Å². The Bertz CT molecular complexity index is 738. The number of carbonyl (C=O) groups excluding carboxylic acids is 1. The van der Waals surface area contributed by atoms with E-state index in [1.54, 1.807) is 24.3 Å². The molecule has 0 unspecified atom stereocenters. The molecule has 2 aromatic carbocycles. The fourth-order valence-corrected chi connectivity index (χ4v) is 2.50. The second-order valence-corrected chi connectivity index (χ2v) is 6.62. The van der Waals surface area contributed by atoms with Crippen molar-refractivity contribution in [2.24, 2.45) is 11.7 Å². The van der Waals surface area contributed by atoms with Gasteiger partial charge in [0.25, 0.3) is 0 Å². The van der Waals surface area contributed by atoms with Gasteiger partial charge in [-0.1, -0.05) is 26.0 Å². The van der Waals surface area contributed by atoms with Crippen molar-refractivity contribution in [1.29, 1.82) is 0 Å². The second-order valence-electron chi connectivity index (χ2n) is 6.62. The van der Waals surface area contributed by atoms with Crippen LogP contribution in [0.4, 0.5) is 10.1 Å². The zero-order valence-corrected chi connectivity index (χ0v) is 16.1. The smallest absolute Gasteiger partial charge is 0.241 e. The fourth-order valence-electron chi connectivity index (χ4n) is 2.50. The number of aryl methyl sites for hydroxylation is 1. The Balaban J connectivity index is 0.00000338. The third-order valence-electron chi connectivity index (χ3n) is 3.81. The maximum absolute atomic E-state index is 13.2. The van der Waals surface area contributed by atoms with Crippen LogP contribution in [-0.4, -0.2) is 11.9 Å². The van der Waals surface area contributed by atoms with E-state index < -0.39 is 6.04 Å². The highest BCUT2D eigenvalue weighted by atomic mass is 35.5. The van der Waals surface area contributed by atoms with E-state index in [0.29, 0.717) is 23.8 Å². The lowest BCUT2D eigenvalue weighted by Gasteiger charge is -2.16. The molecule has 0 saturated heterocycles. The molecule has 0 spiro atoms. The van der Waals surface area contributed by atoms with Gasteiger partial charge in [-0.05, 0) is 60.7 Å². The van der Waals surface area contributed by atoms with Crippen molar-refractivity contribution in [2.45, 2.75) is 39.8 Å². The maximum Gasteiger partial charge on any atom is 0.241 e. The summed E-state index contributed by atoms with van der Waals surface area (Å²) in [7, 11) is 0. The number of anilines is 1. The molecule has 0 saturated carbocycles. The van der Waals surface area contributed by atoms with E-state index in [0.717, 1.165) is 11.1 Å². The Morgan fingerprint density at radius 2 is 1.96 bits per heavy atom. The summed E-state index contributed by atoms with van der Waals surface area (Å²) in [6.45, 7) is 6.23. The van der Waals surface area contributed by atoms with Crippen LogP contribution in [0.1, 0.15) is 31.4 Å². The van der Waals surface area contributed by atoms with E-state index in [1.165, 1.54) is 12.1 Å². The number of ether oxygens (including phenoxy) is 1. The largest absolute Gasteiger partial charge is 0.489 e. The van der Waals surface area contributed by atoms with Gasteiger partial charge in [0.05, 0.1) is 6.04 Å². The number of benzene rings is 2. The van der Waals surface area contributed by atoms with Gasteiger partial charge in [0.15, 0.2) is 0 Å². The van der Waals surface area contributed by atoms with Crippen LogP contribution in [0.15, 0.2) is 42.5 Å². The van der Waals surface area contributed by atoms with E-state index in [4.69, 9.17) is 10.5 Å². The lowest BCUT2D eigenvalue weighted by Crippen LogP contribution is -2.36. The SMILES string of the molecule is Cc1cc(OCc2cccc(F)c2)ccc1NC(=O)[C@@H](N)CC(C)C.Cl. The van der Waals surface area contributed by atoms with Crippen molar-refractivity contribution in [3.63, 3.8) is 0 Å². The number of carbonyl (C=O) groups is 1. The number of rotatable bonds is 7. The lowest BCUT2D eigenvalue weighted by molar-refractivity contribution is -0.117. The first-order valence-electron chi connectivity index (χ1n) is 8.39. The van der Waals surface area contributed by atoms with Crippen LogP contribution in [-0.2, 0) is 11.4 Å². The Morgan fingerprint density at radius 1 is 1.23 bits per heavy atom. The van der Waals surface area contributed by atoms with E-state index in [1.807, 2.05) is 26.8 Å². The molecule has 2 aromatic rings. The molecule has 2 rings (SSSR count). The Hall–Kier alpha value is -2.11. The number of nitrogens with two attached hydrogens (primary N) is 1. The molecule has 3 N–H and O–H groups in total. The summed E-state index contributed by atoms with van der Waals surface area (Å²) in [5.74, 6) is 0.546. The minimum Gasteiger partial charge on any atom is -0.489 e. The molecule has 0 fully saturated rings. The molecule has 0 aromatic heterocycles. The van der Waals surface area contributed by atoms with Gasteiger partial charge in [-0.15, -0.1) is 12.4 Å². The summed E-state index contributed by atoms with van der Waals surface area (Å²) in [6, 6.07) is 11.2. The minimum atomic E-state index is -0.525. The highest BCUT2D eigenvalue weighted by molar-refractivity contribution is 5.95. The Morgan fingerprint density at radius 3 is 2.58 bits per heavy atom. The number of amides is 1. The molecule has 0 aliphatic heterocycles. The fraction of sp³-hybridized carbons (Fsp3) is 0.350. The van der Waals surface area contributed by atoms with Crippen LogP contribution < -0.4 is 15.8 Å². The number of halogens is 2. The van der Waals surface area contributed by atoms with Gasteiger partial charge in [0.2, 0.25) is 5.91 Å². The third-order valence-corrected chi connectivity index (χ3v) is 3.81. The normalized spacial score (nSPS) is 11.6. The summed E-state index contributed by atoms with van der Waals surface area (Å²) < 4.78 is 18.9. The van der Waals surface area contributed by atoms with Gasteiger partial charge in [0.1, 0.15) is 18.2 Å². The molecule has 26 heavy (non-hydrogen) atoms. The van der Waals surface area contributed by atoms with Crippen molar-refractivity contribution in [3.05, 3.63) is 59.4 Å². The standard InChI is InChI=1S/C20H25FN2O2.ClH/c1-13(2)9-18(22)20(24)23-19-8-7-17(10-14(19)3)25-12-15-5-4-6-16(21)11-15;/h4-8,10-11,13,18H,9,12,22H2,1-3H3,(H,23,24);1H/t18-;/m0./s1. The van der Waals surface area contributed by atoms with Crippen molar-refractivity contribution in [3.8, 4) is 5.75 Å². The Labute approximate surface area is 160 Å². The molecule has 0 radical (unpaired) electrons. The van der Waals surface area contributed by atoms with E-state index >= 15 is 0 Å². The molecule has 0 heterocycles. The quantitative estimate of drug-likeness (QED) is 0.746. The first kappa shape index (κ1) is 21.9. The predicted octanol–water partition coefficient (Wildman–Crippen LogP) is 4.45. The average Bonchev–Trinajstić information content (AvgIpc) is 2.54. The average molecular weight is 381 g/mol. The summed E-state index contributed by atoms with van der Waals surface area (Å²) in [6.07, 6.45) is 0.639. The van der Waals surface area contributed by atoms with Gasteiger partial charge in [-0.25, -0.2) is 4.39 Å². The van der Waals surface area contributed by atoms with Gasteiger partial charge >= 0.3 is 0 Å². The van der Waals surface area contributed by atoms with Crippen molar-refractivity contribution in [2.75, 3.05) is 5.32 Å². The molecule has 1 atom stereocenters. The summed E-state index contributed by atoms with van der Waals surface area (Å²) >= 11 is 0. The highest BCUT2D eigenvalue weighted by Gasteiger charge is 2.16. The second kappa shape index (κ2) is 10.1. The summed E-state index contributed by atoms with van der Waals surface area (Å²) in [5.41, 5.74) is 8.25. The molecular formula is C20H26ClFN2O2. The van der Waals surface area contributed by atoms with Crippen LogP contribution in [0.5, 0.6) is 5.75 Å². The monoisotopic (exact) mass is 380 g/mol. The van der Waals surface area contributed by atoms with Gasteiger partial charge in [-0.2, -0.15) is 0 Å². The first-order chi connectivity index (χ1) is 11.8.